The zero-order chi connectivity index (χ0) is 8.97. The van der Waals surface area contributed by atoms with Crippen LogP contribution in [0.1, 0.15) is 5.82 Å². The smallest absolute Gasteiger partial charge is 0.311 e. The van der Waals surface area contributed by atoms with Crippen LogP contribution in [0.5, 0.6) is 0 Å². The lowest BCUT2D eigenvalue weighted by Crippen LogP contribution is -2.14. The van der Waals surface area contributed by atoms with Gasteiger partial charge in [-0.1, -0.05) is 0 Å². The van der Waals surface area contributed by atoms with Crippen LogP contribution in [-0.4, -0.2) is 31.5 Å². The summed E-state index contributed by atoms with van der Waals surface area (Å²) >= 11 is 0. The number of aromatic nitrogens is 4. The zero-order valence-corrected chi connectivity index (χ0v) is 5.93. The van der Waals surface area contributed by atoms with Gasteiger partial charge in [0.1, 0.15) is 6.42 Å². The predicted molar refractivity (Wildman–Crippen MR) is 36.8 cm³/mol. The molecule has 0 aliphatic carbocycles. The van der Waals surface area contributed by atoms with E-state index in [0.717, 1.165) is 0 Å². The van der Waals surface area contributed by atoms with Crippen molar-refractivity contribution >= 4 is 11.9 Å². The second-order valence-corrected chi connectivity index (χ2v) is 1.85. The van der Waals surface area contributed by atoms with Gasteiger partial charge >= 0.3 is 5.97 Å². The number of nitrogens with one attached hydrogen (secondary N) is 1. The maximum absolute atomic E-state index is 10.1. The maximum atomic E-state index is 10.1. The van der Waals surface area contributed by atoms with Gasteiger partial charge in [-0.05, 0) is 0 Å². The summed E-state index contributed by atoms with van der Waals surface area (Å²) in [5, 5.41) is 22.1. The second kappa shape index (κ2) is 3.53. The molecule has 0 aliphatic rings. The molecule has 1 heterocycles. The van der Waals surface area contributed by atoms with Crippen LogP contribution in [0.3, 0.4) is 0 Å². The van der Waals surface area contributed by atoms with E-state index >= 15 is 0 Å². The molecule has 0 fully saturated rings. The number of rotatable bonds is 3. The summed E-state index contributed by atoms with van der Waals surface area (Å²) in [6, 6.07) is 0. The highest BCUT2D eigenvalue weighted by atomic mass is 16.4. The maximum Gasteiger partial charge on any atom is 0.311 e. The van der Waals surface area contributed by atoms with Crippen LogP contribution in [0.4, 0.5) is 5.95 Å². The third-order valence-electron chi connectivity index (χ3n) is 0.959. The molecule has 8 heteroatoms. The number of anilines is 1. The molecule has 0 spiro atoms. The monoisotopic (exact) mass is 170 g/mol. The fraction of sp³-hybridized carbons (Fsp3) is 0.250. The van der Waals surface area contributed by atoms with Crippen molar-refractivity contribution in [2.75, 3.05) is 5.43 Å². The van der Waals surface area contributed by atoms with Crippen molar-refractivity contribution in [3.8, 4) is 0 Å². The van der Waals surface area contributed by atoms with Gasteiger partial charge in [0.05, 0.1) is 0 Å². The van der Waals surface area contributed by atoms with E-state index in [1.54, 1.807) is 0 Å². The van der Waals surface area contributed by atoms with Gasteiger partial charge in [0.25, 0.3) is 5.95 Å². The summed E-state index contributed by atoms with van der Waals surface area (Å²) in [6.07, 6.45) is -0.301. The van der Waals surface area contributed by atoms with Crippen molar-refractivity contribution in [2.45, 2.75) is 6.42 Å². The minimum atomic E-state index is -1.04. The number of carbonyl (C=O) groups is 1. The van der Waals surface area contributed by atoms with Crippen molar-refractivity contribution in [3.05, 3.63) is 5.82 Å². The highest BCUT2D eigenvalue weighted by Gasteiger charge is 2.04. The second-order valence-electron chi connectivity index (χ2n) is 1.85. The summed E-state index contributed by atoms with van der Waals surface area (Å²) in [5.74, 6) is 3.98. The predicted octanol–water partition coefficient (Wildman–Crippen LogP) is -1.82. The van der Waals surface area contributed by atoms with Crippen LogP contribution in [0.2, 0.25) is 0 Å². The Bertz CT molecular complexity index is 271. The molecule has 1 aromatic rings. The lowest BCUT2D eigenvalue weighted by Gasteiger charge is -1.95. The lowest BCUT2D eigenvalue weighted by atomic mass is 10.4. The topological polar surface area (TPSA) is 127 Å². The number of nitrogens with two attached hydrogens (primary N) is 1. The molecule has 1 rings (SSSR count). The number of nitrogen functional groups attached to an aromatic ring is 1. The van der Waals surface area contributed by atoms with Gasteiger partial charge in [0, 0.05) is 0 Å². The third-order valence-corrected chi connectivity index (χ3v) is 0.959. The largest absolute Gasteiger partial charge is 0.481 e. The molecule has 0 radical (unpaired) electrons. The van der Waals surface area contributed by atoms with Crippen molar-refractivity contribution in [1.82, 2.24) is 20.4 Å². The van der Waals surface area contributed by atoms with E-state index in [-0.39, 0.29) is 18.2 Å². The van der Waals surface area contributed by atoms with Gasteiger partial charge in [-0.15, -0.1) is 20.4 Å². The zero-order valence-electron chi connectivity index (χ0n) is 5.93. The van der Waals surface area contributed by atoms with E-state index in [2.05, 4.69) is 25.8 Å². The van der Waals surface area contributed by atoms with Gasteiger partial charge in [0.15, 0.2) is 5.82 Å². The summed E-state index contributed by atoms with van der Waals surface area (Å²) in [5.41, 5.74) is 2.11. The summed E-state index contributed by atoms with van der Waals surface area (Å²) in [4.78, 5) is 10.1. The summed E-state index contributed by atoms with van der Waals surface area (Å²) < 4.78 is 0. The molecule has 0 saturated carbocycles. The van der Waals surface area contributed by atoms with Crippen LogP contribution >= 0.6 is 0 Å². The number of aliphatic carboxylic acids is 1. The van der Waals surface area contributed by atoms with Crippen molar-refractivity contribution in [1.29, 1.82) is 0 Å². The van der Waals surface area contributed by atoms with Gasteiger partial charge in [-0.2, -0.15) is 0 Å². The minimum absolute atomic E-state index is 0.0431. The number of hydrogen-bond donors (Lipinski definition) is 3. The number of nitrogens with zero attached hydrogens (tertiary/aromatic N) is 4. The number of carboxylic acid groups (broad SMARTS) is 1. The first-order chi connectivity index (χ1) is 5.72. The fourth-order valence-electron chi connectivity index (χ4n) is 0.514. The normalized spacial score (nSPS) is 9.42. The van der Waals surface area contributed by atoms with Gasteiger partial charge in [-0.25, -0.2) is 5.84 Å². The van der Waals surface area contributed by atoms with E-state index in [1.165, 1.54) is 0 Å². The van der Waals surface area contributed by atoms with E-state index in [9.17, 15) is 4.79 Å². The standard InChI is InChI=1S/C4H6N6O2/c5-6-4-9-7-2(8-10-4)1-3(11)12/h1,5H2,(H,11,12)(H,6,9,10). The van der Waals surface area contributed by atoms with Crippen LogP contribution in [-0.2, 0) is 11.2 Å². The Labute approximate surface area is 66.8 Å². The highest BCUT2D eigenvalue weighted by Crippen LogP contribution is 1.90. The number of hydrazine groups is 1. The first kappa shape index (κ1) is 8.27. The first-order valence-corrected chi connectivity index (χ1v) is 2.97. The minimum Gasteiger partial charge on any atom is -0.481 e. The van der Waals surface area contributed by atoms with Crippen LogP contribution in [0, 0.1) is 0 Å². The molecule has 0 amide bonds. The molecular weight excluding hydrogens is 164 g/mol. The first-order valence-electron chi connectivity index (χ1n) is 2.97. The molecular formula is C4H6N6O2. The summed E-state index contributed by atoms with van der Waals surface area (Å²) in [7, 11) is 0. The summed E-state index contributed by atoms with van der Waals surface area (Å²) in [6.45, 7) is 0. The Hall–Kier alpha value is -1.83. The lowest BCUT2D eigenvalue weighted by molar-refractivity contribution is -0.136. The van der Waals surface area contributed by atoms with E-state index in [1.807, 2.05) is 0 Å². The van der Waals surface area contributed by atoms with Crippen molar-refractivity contribution < 1.29 is 9.90 Å². The Morgan fingerprint density at radius 3 is 2.42 bits per heavy atom. The van der Waals surface area contributed by atoms with E-state index < -0.39 is 5.97 Å². The molecule has 12 heavy (non-hydrogen) atoms. The number of hydrogen-bond acceptors (Lipinski definition) is 7. The number of carboxylic acids is 1. The molecule has 64 valence electrons. The van der Waals surface area contributed by atoms with Crippen LogP contribution in [0.15, 0.2) is 0 Å². The fourth-order valence-corrected chi connectivity index (χ4v) is 0.514. The Kier molecular flexibility index (Phi) is 2.43. The molecule has 0 atom stereocenters. The molecule has 0 unspecified atom stereocenters. The molecule has 0 bridgehead atoms. The molecule has 0 saturated heterocycles. The van der Waals surface area contributed by atoms with Gasteiger partial charge < -0.3 is 5.11 Å². The molecule has 0 aliphatic heterocycles. The van der Waals surface area contributed by atoms with Crippen molar-refractivity contribution in [3.63, 3.8) is 0 Å². The highest BCUT2D eigenvalue weighted by molar-refractivity contribution is 5.68. The Morgan fingerprint density at radius 2 is 2.00 bits per heavy atom. The van der Waals surface area contributed by atoms with Crippen molar-refractivity contribution in [2.24, 2.45) is 5.84 Å². The molecule has 8 nitrogen and oxygen atoms in total. The molecule has 4 N–H and O–H groups in total. The Morgan fingerprint density at radius 1 is 1.42 bits per heavy atom. The van der Waals surface area contributed by atoms with E-state index in [4.69, 9.17) is 10.9 Å². The molecule has 0 aromatic carbocycles. The van der Waals surface area contributed by atoms with Gasteiger partial charge in [0.2, 0.25) is 0 Å². The van der Waals surface area contributed by atoms with E-state index in [0.29, 0.717) is 0 Å². The van der Waals surface area contributed by atoms with Crippen LogP contribution in [0.25, 0.3) is 0 Å². The quantitative estimate of drug-likeness (QED) is 0.357. The average Bonchev–Trinajstić information content (AvgIpc) is 2.05. The Balaban J connectivity index is 2.71. The third kappa shape index (κ3) is 2.09. The van der Waals surface area contributed by atoms with Crippen LogP contribution < -0.4 is 11.3 Å². The SMILES string of the molecule is NNc1nnc(CC(=O)O)nn1. The average molecular weight is 170 g/mol. The van der Waals surface area contributed by atoms with Gasteiger partial charge in [-0.3, -0.25) is 10.2 Å². The molecule has 1 aromatic heterocycles.